The van der Waals surface area contributed by atoms with E-state index in [1.807, 2.05) is 0 Å². The minimum Gasteiger partial charge on any atom is -0.391 e. The number of aliphatic hydroxyl groups excluding tert-OH is 1. The Labute approximate surface area is 120 Å². The monoisotopic (exact) mass is 282 g/mol. The van der Waals surface area contributed by atoms with Gasteiger partial charge in [0.05, 0.1) is 17.2 Å². The molecule has 0 amide bonds. The van der Waals surface area contributed by atoms with E-state index < -0.39 is 0 Å². The van der Waals surface area contributed by atoms with Crippen molar-refractivity contribution in [2.75, 3.05) is 18.0 Å². The zero-order valence-corrected chi connectivity index (χ0v) is 13.4. The second-order valence-electron chi connectivity index (χ2n) is 6.51. The van der Waals surface area contributed by atoms with Crippen LogP contribution in [0.1, 0.15) is 51.1 Å². The summed E-state index contributed by atoms with van der Waals surface area (Å²) in [4.78, 5) is 8.13. The van der Waals surface area contributed by atoms with Crippen LogP contribution in [-0.4, -0.2) is 23.2 Å². The molecule has 0 unspecified atom stereocenters. The van der Waals surface area contributed by atoms with Gasteiger partial charge in [0.1, 0.15) is 0 Å². The normalized spacial score (nSPS) is 18.1. The molecule has 3 nitrogen and oxygen atoms in total. The van der Waals surface area contributed by atoms with E-state index in [1.165, 1.54) is 12.8 Å². The van der Waals surface area contributed by atoms with Crippen LogP contribution in [0.3, 0.4) is 0 Å². The van der Waals surface area contributed by atoms with Crippen LogP contribution in [0.15, 0.2) is 0 Å². The third kappa shape index (κ3) is 3.29. The third-order valence-electron chi connectivity index (χ3n) is 4.24. The fraction of sp³-hybridized carbons (Fsp3) is 0.800. The quantitative estimate of drug-likeness (QED) is 0.922. The number of nitrogens with zero attached hydrogens (tertiary/aromatic N) is 2. The Morgan fingerprint density at radius 3 is 2.37 bits per heavy atom. The molecule has 0 atom stereocenters. The van der Waals surface area contributed by atoms with Gasteiger partial charge in [-0.2, -0.15) is 0 Å². The van der Waals surface area contributed by atoms with Crippen molar-refractivity contribution in [3.8, 4) is 0 Å². The minimum absolute atomic E-state index is 0.124. The van der Waals surface area contributed by atoms with Crippen molar-refractivity contribution in [2.24, 2.45) is 11.3 Å². The Morgan fingerprint density at radius 1 is 1.32 bits per heavy atom. The molecule has 0 aromatic carbocycles. The van der Waals surface area contributed by atoms with Gasteiger partial charge >= 0.3 is 0 Å². The number of hydrogen-bond acceptors (Lipinski definition) is 4. The molecule has 1 N–H and O–H groups in total. The molecule has 1 saturated heterocycles. The molecule has 0 aliphatic carbocycles. The predicted molar refractivity (Wildman–Crippen MR) is 81.8 cm³/mol. The van der Waals surface area contributed by atoms with Crippen molar-refractivity contribution in [3.63, 3.8) is 0 Å². The molecule has 1 fully saturated rings. The van der Waals surface area contributed by atoms with Crippen LogP contribution >= 0.6 is 11.3 Å². The zero-order chi connectivity index (χ0) is 14.0. The fourth-order valence-electron chi connectivity index (χ4n) is 2.84. The van der Waals surface area contributed by atoms with Crippen LogP contribution in [-0.2, 0) is 13.0 Å². The summed E-state index contributed by atoms with van der Waals surface area (Å²) in [7, 11) is 0. The molecule has 0 saturated carbocycles. The average molecular weight is 282 g/mol. The van der Waals surface area contributed by atoms with Gasteiger partial charge in [-0.15, -0.1) is 0 Å². The summed E-state index contributed by atoms with van der Waals surface area (Å²) in [6, 6.07) is 0. The van der Waals surface area contributed by atoms with Gasteiger partial charge in [0, 0.05) is 13.1 Å². The number of thiazole rings is 1. The summed E-state index contributed by atoms with van der Waals surface area (Å²) in [5.41, 5.74) is 1.49. The molecule has 108 valence electrons. The average Bonchev–Trinajstić information content (AvgIpc) is 2.81. The van der Waals surface area contributed by atoms with Crippen molar-refractivity contribution in [1.82, 2.24) is 4.98 Å². The van der Waals surface area contributed by atoms with Gasteiger partial charge in [0.25, 0.3) is 0 Å². The number of anilines is 1. The number of aromatic nitrogens is 1. The minimum atomic E-state index is 0.124. The van der Waals surface area contributed by atoms with Crippen LogP contribution in [0.25, 0.3) is 0 Å². The first-order chi connectivity index (χ1) is 8.95. The lowest BCUT2D eigenvalue weighted by Crippen LogP contribution is -2.37. The highest BCUT2D eigenvalue weighted by molar-refractivity contribution is 7.15. The van der Waals surface area contributed by atoms with Crippen LogP contribution in [0, 0.1) is 11.3 Å². The van der Waals surface area contributed by atoms with Crippen molar-refractivity contribution >= 4 is 16.5 Å². The highest BCUT2D eigenvalue weighted by Crippen LogP contribution is 2.37. The van der Waals surface area contributed by atoms with Gasteiger partial charge < -0.3 is 10.0 Å². The van der Waals surface area contributed by atoms with E-state index in [4.69, 9.17) is 4.98 Å². The van der Waals surface area contributed by atoms with Crippen molar-refractivity contribution in [3.05, 3.63) is 10.6 Å². The maximum Gasteiger partial charge on any atom is 0.185 e. The molecule has 1 aliphatic heterocycles. The lowest BCUT2D eigenvalue weighted by Gasteiger charge is -2.38. The van der Waals surface area contributed by atoms with Gasteiger partial charge in [0.15, 0.2) is 5.13 Å². The molecule has 1 aromatic rings. The van der Waals surface area contributed by atoms with E-state index in [9.17, 15) is 5.11 Å². The SMILES string of the molecule is CCc1nc(N2CCC(C(C)(C)C)CC2)sc1CO. The predicted octanol–water partition coefficient (Wildman–Crippen LogP) is 3.46. The van der Waals surface area contributed by atoms with Crippen LogP contribution in [0.5, 0.6) is 0 Å². The molecule has 1 aromatic heterocycles. The molecule has 2 heterocycles. The Hall–Kier alpha value is -0.610. The maximum atomic E-state index is 9.36. The summed E-state index contributed by atoms with van der Waals surface area (Å²) >= 11 is 1.66. The standard InChI is InChI=1S/C15H26N2OS/c1-5-12-13(10-18)19-14(16-12)17-8-6-11(7-9-17)15(2,3)4/h11,18H,5-10H2,1-4H3. The topological polar surface area (TPSA) is 36.4 Å². The molecule has 0 spiro atoms. The van der Waals surface area contributed by atoms with Crippen LogP contribution in [0.4, 0.5) is 5.13 Å². The van der Waals surface area contributed by atoms with Gasteiger partial charge in [-0.3, -0.25) is 0 Å². The van der Waals surface area contributed by atoms with Crippen LogP contribution < -0.4 is 4.90 Å². The first-order valence-electron chi connectivity index (χ1n) is 7.30. The number of rotatable bonds is 3. The van der Waals surface area contributed by atoms with E-state index in [-0.39, 0.29) is 6.61 Å². The number of aliphatic hydroxyl groups is 1. The van der Waals surface area contributed by atoms with Crippen LogP contribution in [0.2, 0.25) is 0 Å². The second-order valence-corrected chi connectivity index (χ2v) is 7.57. The van der Waals surface area contributed by atoms with E-state index in [0.29, 0.717) is 5.41 Å². The molecule has 19 heavy (non-hydrogen) atoms. The third-order valence-corrected chi connectivity index (χ3v) is 5.38. The molecule has 0 radical (unpaired) electrons. The van der Waals surface area contributed by atoms with Gasteiger partial charge in [-0.1, -0.05) is 39.0 Å². The van der Waals surface area contributed by atoms with Gasteiger partial charge in [-0.05, 0) is 30.6 Å². The lowest BCUT2D eigenvalue weighted by atomic mass is 9.75. The van der Waals surface area contributed by atoms with E-state index >= 15 is 0 Å². The Bertz CT molecular complexity index is 393. The van der Waals surface area contributed by atoms with Crippen molar-refractivity contribution in [2.45, 2.75) is 53.6 Å². The first kappa shape index (κ1) is 14.8. The van der Waals surface area contributed by atoms with E-state index in [0.717, 1.165) is 41.1 Å². The molecular formula is C15H26N2OS. The van der Waals surface area contributed by atoms with Crippen molar-refractivity contribution in [1.29, 1.82) is 0 Å². The highest BCUT2D eigenvalue weighted by atomic mass is 32.1. The molecule has 4 heteroatoms. The lowest BCUT2D eigenvalue weighted by molar-refractivity contribution is 0.199. The first-order valence-corrected chi connectivity index (χ1v) is 8.11. The molecule has 1 aliphatic rings. The highest BCUT2D eigenvalue weighted by Gasteiger charge is 2.29. The fourth-order valence-corrected chi connectivity index (χ4v) is 3.90. The summed E-state index contributed by atoms with van der Waals surface area (Å²) in [5, 5.41) is 10.5. The van der Waals surface area contributed by atoms with E-state index in [2.05, 4.69) is 32.6 Å². The molecule has 0 bridgehead atoms. The number of hydrogen-bond donors (Lipinski definition) is 1. The molecular weight excluding hydrogens is 256 g/mol. The number of aryl methyl sites for hydroxylation is 1. The smallest absolute Gasteiger partial charge is 0.185 e. The maximum absolute atomic E-state index is 9.36. The van der Waals surface area contributed by atoms with Crippen molar-refractivity contribution < 1.29 is 5.11 Å². The summed E-state index contributed by atoms with van der Waals surface area (Å²) in [6.07, 6.45) is 3.41. The molecule has 2 rings (SSSR count). The van der Waals surface area contributed by atoms with Gasteiger partial charge in [0.2, 0.25) is 0 Å². The number of piperidine rings is 1. The second kappa shape index (κ2) is 5.80. The van der Waals surface area contributed by atoms with Gasteiger partial charge in [-0.25, -0.2) is 4.98 Å². The summed E-state index contributed by atoms with van der Waals surface area (Å²) in [5.74, 6) is 0.812. The Morgan fingerprint density at radius 2 is 1.95 bits per heavy atom. The largest absolute Gasteiger partial charge is 0.391 e. The zero-order valence-electron chi connectivity index (χ0n) is 12.6. The summed E-state index contributed by atoms with van der Waals surface area (Å²) in [6.45, 7) is 11.5. The Balaban J connectivity index is 2.03. The Kier molecular flexibility index (Phi) is 4.51. The summed E-state index contributed by atoms with van der Waals surface area (Å²) < 4.78 is 0. The van der Waals surface area contributed by atoms with E-state index in [1.54, 1.807) is 11.3 Å².